The second-order valence-electron chi connectivity index (χ2n) is 3.76. The first-order valence-electron chi connectivity index (χ1n) is 5.61. The summed E-state index contributed by atoms with van der Waals surface area (Å²) in [5.74, 6) is 0.0448. The first-order chi connectivity index (χ1) is 9.13. The van der Waals surface area contributed by atoms with Crippen molar-refractivity contribution in [2.45, 2.75) is 13.5 Å². The second-order valence-corrected chi connectivity index (χ2v) is 3.76. The first kappa shape index (κ1) is 12.9. The van der Waals surface area contributed by atoms with Crippen molar-refractivity contribution in [1.82, 2.24) is 9.78 Å². The number of halogens is 1. The minimum atomic E-state index is -0.502. The monoisotopic (exact) mass is 264 g/mol. The fourth-order valence-corrected chi connectivity index (χ4v) is 1.54. The maximum Gasteiger partial charge on any atom is 0.173 e. The van der Waals surface area contributed by atoms with Gasteiger partial charge >= 0.3 is 0 Å². The predicted molar refractivity (Wildman–Crippen MR) is 66.9 cm³/mol. The van der Waals surface area contributed by atoms with Crippen LogP contribution in [0.1, 0.15) is 12.5 Å². The molecular weight excluding hydrogens is 251 g/mol. The molecule has 0 amide bonds. The Labute approximate surface area is 108 Å². The second kappa shape index (κ2) is 5.38. The van der Waals surface area contributed by atoms with Crippen molar-refractivity contribution in [1.29, 1.82) is 0 Å². The third kappa shape index (κ3) is 2.82. The van der Waals surface area contributed by atoms with Crippen LogP contribution in [0.3, 0.4) is 0 Å². The lowest BCUT2D eigenvalue weighted by Crippen LogP contribution is -2.14. The van der Waals surface area contributed by atoms with Crippen molar-refractivity contribution in [3.63, 3.8) is 0 Å². The maximum absolute atomic E-state index is 13.2. The highest BCUT2D eigenvalue weighted by molar-refractivity contribution is 5.99. The van der Waals surface area contributed by atoms with E-state index >= 15 is 0 Å². The summed E-state index contributed by atoms with van der Waals surface area (Å²) in [6.07, 6.45) is 3.22. The van der Waals surface area contributed by atoms with Gasteiger partial charge in [0.05, 0.1) is 18.0 Å². The molecule has 0 aliphatic heterocycles. The molecule has 0 bridgehead atoms. The van der Waals surface area contributed by atoms with E-state index < -0.39 is 5.82 Å². The summed E-state index contributed by atoms with van der Waals surface area (Å²) < 4.78 is 20.4. The lowest BCUT2D eigenvalue weighted by atomic mass is 10.2. The summed E-state index contributed by atoms with van der Waals surface area (Å²) in [7, 11) is 0. The number of ether oxygens (including phenoxy) is 1. The zero-order chi connectivity index (χ0) is 13.8. The zero-order valence-electron chi connectivity index (χ0n) is 10.2. The molecule has 0 saturated carbocycles. The Morgan fingerprint density at radius 2 is 2.37 bits per heavy atom. The fourth-order valence-electron chi connectivity index (χ4n) is 1.54. The van der Waals surface area contributed by atoms with E-state index in [0.717, 1.165) is 6.07 Å². The lowest BCUT2D eigenvalue weighted by Gasteiger charge is -2.08. The van der Waals surface area contributed by atoms with Gasteiger partial charge in [0.2, 0.25) is 0 Å². The standard InChI is InChI=1S/C12H13FN4O2/c1-2-17-7-9(6-15-17)19-11-4-3-8(13)5-10(11)12(14)16-18/h3-7,18H,2H2,1H3,(H2,14,16). The van der Waals surface area contributed by atoms with Gasteiger partial charge in [-0.15, -0.1) is 0 Å². The summed E-state index contributed by atoms with van der Waals surface area (Å²) in [4.78, 5) is 0. The van der Waals surface area contributed by atoms with E-state index in [4.69, 9.17) is 15.7 Å². The Morgan fingerprint density at radius 1 is 1.58 bits per heavy atom. The van der Waals surface area contributed by atoms with Crippen molar-refractivity contribution in [2.75, 3.05) is 0 Å². The molecule has 3 N–H and O–H groups in total. The predicted octanol–water partition coefficient (Wildman–Crippen LogP) is 1.93. The van der Waals surface area contributed by atoms with E-state index in [-0.39, 0.29) is 17.1 Å². The van der Waals surface area contributed by atoms with Crippen LogP contribution >= 0.6 is 0 Å². The molecular formula is C12H13FN4O2. The molecule has 0 atom stereocenters. The molecule has 2 aromatic rings. The van der Waals surface area contributed by atoms with E-state index in [9.17, 15) is 4.39 Å². The third-order valence-electron chi connectivity index (χ3n) is 2.49. The number of nitrogens with zero attached hydrogens (tertiary/aromatic N) is 3. The first-order valence-corrected chi connectivity index (χ1v) is 5.61. The average molecular weight is 264 g/mol. The number of nitrogens with two attached hydrogens (primary N) is 1. The molecule has 7 heteroatoms. The molecule has 1 aromatic heterocycles. The third-order valence-corrected chi connectivity index (χ3v) is 2.49. The van der Waals surface area contributed by atoms with Gasteiger partial charge in [-0.25, -0.2) is 4.39 Å². The van der Waals surface area contributed by atoms with Crippen LogP contribution in [0.25, 0.3) is 0 Å². The Hall–Kier alpha value is -2.57. The average Bonchev–Trinajstić information content (AvgIpc) is 2.87. The number of benzene rings is 1. The number of amidine groups is 1. The summed E-state index contributed by atoms with van der Waals surface area (Å²) in [5, 5.41) is 15.6. The molecule has 0 saturated heterocycles. The van der Waals surface area contributed by atoms with Gasteiger partial charge in [0.25, 0.3) is 0 Å². The Balaban J connectivity index is 2.34. The van der Waals surface area contributed by atoms with Crippen LogP contribution in [0.5, 0.6) is 11.5 Å². The number of hydrogen-bond acceptors (Lipinski definition) is 4. The molecule has 1 aromatic carbocycles. The molecule has 1 heterocycles. The highest BCUT2D eigenvalue weighted by Gasteiger charge is 2.11. The molecule has 19 heavy (non-hydrogen) atoms. The summed E-state index contributed by atoms with van der Waals surface area (Å²) in [5.41, 5.74) is 5.65. The normalized spacial score (nSPS) is 11.6. The minimum absolute atomic E-state index is 0.173. The van der Waals surface area contributed by atoms with Crippen LogP contribution in [-0.4, -0.2) is 20.8 Å². The van der Waals surface area contributed by atoms with Crippen molar-refractivity contribution in [2.24, 2.45) is 10.9 Å². The highest BCUT2D eigenvalue weighted by atomic mass is 19.1. The molecule has 2 rings (SSSR count). The van der Waals surface area contributed by atoms with Gasteiger partial charge in [0.15, 0.2) is 11.6 Å². The molecule has 6 nitrogen and oxygen atoms in total. The van der Waals surface area contributed by atoms with Crippen molar-refractivity contribution in [3.05, 3.63) is 42.0 Å². The number of oxime groups is 1. The van der Waals surface area contributed by atoms with Crippen LogP contribution < -0.4 is 10.5 Å². The van der Waals surface area contributed by atoms with Crippen LogP contribution in [-0.2, 0) is 6.54 Å². The van der Waals surface area contributed by atoms with Crippen LogP contribution in [0.2, 0.25) is 0 Å². The fraction of sp³-hybridized carbons (Fsp3) is 0.167. The number of rotatable bonds is 4. The smallest absolute Gasteiger partial charge is 0.173 e. The van der Waals surface area contributed by atoms with E-state index in [2.05, 4.69) is 10.3 Å². The summed E-state index contributed by atoms with van der Waals surface area (Å²) in [6.45, 7) is 2.65. The van der Waals surface area contributed by atoms with Crippen LogP contribution in [0.15, 0.2) is 35.7 Å². The number of aryl methyl sites for hydroxylation is 1. The quantitative estimate of drug-likeness (QED) is 0.382. The van der Waals surface area contributed by atoms with Crippen molar-refractivity contribution >= 4 is 5.84 Å². The zero-order valence-corrected chi connectivity index (χ0v) is 10.2. The van der Waals surface area contributed by atoms with Crippen molar-refractivity contribution in [3.8, 4) is 11.5 Å². The van der Waals surface area contributed by atoms with Crippen molar-refractivity contribution < 1.29 is 14.3 Å². The largest absolute Gasteiger partial charge is 0.453 e. The van der Waals surface area contributed by atoms with E-state index in [1.807, 2.05) is 6.92 Å². The van der Waals surface area contributed by atoms with Gasteiger partial charge < -0.3 is 15.7 Å². The highest BCUT2D eigenvalue weighted by Crippen LogP contribution is 2.25. The Bertz CT molecular complexity index is 610. The molecule has 0 fully saturated rings. The van der Waals surface area contributed by atoms with Gasteiger partial charge in [-0.2, -0.15) is 5.10 Å². The maximum atomic E-state index is 13.2. The number of aromatic nitrogens is 2. The number of hydrogen-bond donors (Lipinski definition) is 2. The molecule has 0 aliphatic rings. The summed E-state index contributed by atoms with van der Waals surface area (Å²) >= 11 is 0. The molecule has 0 radical (unpaired) electrons. The van der Waals surface area contributed by atoms with E-state index in [1.54, 1.807) is 10.9 Å². The lowest BCUT2D eigenvalue weighted by molar-refractivity contribution is 0.318. The van der Waals surface area contributed by atoms with Crippen LogP contribution in [0, 0.1) is 5.82 Å². The van der Waals surface area contributed by atoms with E-state index in [0.29, 0.717) is 12.3 Å². The van der Waals surface area contributed by atoms with Gasteiger partial charge in [0, 0.05) is 6.54 Å². The molecule has 0 spiro atoms. The summed E-state index contributed by atoms with van der Waals surface area (Å²) in [6, 6.07) is 3.77. The van der Waals surface area contributed by atoms with Gasteiger partial charge in [0.1, 0.15) is 11.6 Å². The Morgan fingerprint density at radius 3 is 3.00 bits per heavy atom. The Kier molecular flexibility index (Phi) is 3.65. The van der Waals surface area contributed by atoms with Crippen LogP contribution in [0.4, 0.5) is 4.39 Å². The molecule has 0 aliphatic carbocycles. The molecule has 100 valence electrons. The topological polar surface area (TPSA) is 85.7 Å². The van der Waals surface area contributed by atoms with Gasteiger partial charge in [-0.05, 0) is 25.1 Å². The minimum Gasteiger partial charge on any atom is -0.453 e. The van der Waals surface area contributed by atoms with Gasteiger partial charge in [-0.3, -0.25) is 4.68 Å². The SMILES string of the molecule is CCn1cc(Oc2ccc(F)cc2/C(N)=N/O)cn1. The van der Waals surface area contributed by atoms with E-state index in [1.165, 1.54) is 18.3 Å². The van der Waals surface area contributed by atoms with Gasteiger partial charge in [-0.1, -0.05) is 5.16 Å². The molecule has 0 unspecified atom stereocenters.